The standard InChI is InChI=1S/C22H22N4OS/c1-2-3-9-14-23-15-17-20(16-10-5-4-6-11-16)25-26(21(17)27)22-24-18-12-7-8-13-19(18)28-22/h4-8,10-13,15,17H,2-3,9,14H2,1H3. The molecule has 0 saturated heterocycles. The van der Waals surface area contributed by atoms with Crippen molar-refractivity contribution in [3.63, 3.8) is 0 Å². The molecule has 142 valence electrons. The molecule has 6 heteroatoms. The summed E-state index contributed by atoms with van der Waals surface area (Å²) < 4.78 is 1.04. The van der Waals surface area contributed by atoms with Crippen LogP contribution < -0.4 is 5.01 Å². The van der Waals surface area contributed by atoms with Gasteiger partial charge in [-0.1, -0.05) is 73.6 Å². The molecule has 1 aliphatic rings. The number of para-hydroxylation sites is 1. The Kier molecular flexibility index (Phi) is 5.58. The highest BCUT2D eigenvalue weighted by Gasteiger charge is 2.37. The van der Waals surface area contributed by atoms with E-state index in [0.29, 0.717) is 5.13 Å². The predicted molar refractivity (Wildman–Crippen MR) is 116 cm³/mol. The number of benzene rings is 2. The van der Waals surface area contributed by atoms with Crippen molar-refractivity contribution in [3.8, 4) is 0 Å². The minimum absolute atomic E-state index is 0.0999. The minimum Gasteiger partial charge on any atom is -0.296 e. The molecular weight excluding hydrogens is 368 g/mol. The van der Waals surface area contributed by atoms with E-state index in [2.05, 4.69) is 22.0 Å². The Hall–Kier alpha value is -2.86. The monoisotopic (exact) mass is 390 g/mol. The molecule has 0 bridgehead atoms. The van der Waals surface area contributed by atoms with Gasteiger partial charge >= 0.3 is 0 Å². The minimum atomic E-state index is -0.476. The quantitative estimate of drug-likeness (QED) is 0.424. The Balaban J connectivity index is 1.66. The van der Waals surface area contributed by atoms with Gasteiger partial charge in [0.05, 0.1) is 15.9 Å². The van der Waals surface area contributed by atoms with Gasteiger partial charge in [0.15, 0.2) is 0 Å². The van der Waals surface area contributed by atoms with Crippen LogP contribution >= 0.6 is 11.3 Å². The highest BCUT2D eigenvalue weighted by Crippen LogP contribution is 2.32. The number of anilines is 1. The summed E-state index contributed by atoms with van der Waals surface area (Å²) in [4.78, 5) is 22.3. The fourth-order valence-corrected chi connectivity index (χ4v) is 4.09. The van der Waals surface area contributed by atoms with Crippen LogP contribution in [-0.4, -0.2) is 29.4 Å². The lowest BCUT2D eigenvalue weighted by atomic mass is 9.98. The molecule has 0 fully saturated rings. The van der Waals surface area contributed by atoms with Crippen molar-refractivity contribution in [2.75, 3.05) is 11.6 Å². The van der Waals surface area contributed by atoms with E-state index in [0.717, 1.165) is 47.3 Å². The number of hydrazone groups is 1. The van der Waals surface area contributed by atoms with Crippen molar-refractivity contribution in [3.05, 3.63) is 60.2 Å². The number of unbranched alkanes of at least 4 members (excludes halogenated alkanes) is 2. The summed E-state index contributed by atoms with van der Waals surface area (Å²) in [6.45, 7) is 2.90. The second-order valence-corrected chi connectivity index (χ2v) is 7.71. The molecule has 0 radical (unpaired) electrons. The van der Waals surface area contributed by atoms with Gasteiger partial charge in [-0.15, -0.1) is 0 Å². The Morgan fingerprint density at radius 3 is 2.68 bits per heavy atom. The third kappa shape index (κ3) is 3.73. The first-order chi connectivity index (χ1) is 13.8. The zero-order chi connectivity index (χ0) is 19.3. The number of amides is 1. The molecule has 1 unspecified atom stereocenters. The lowest BCUT2D eigenvalue weighted by molar-refractivity contribution is -0.118. The van der Waals surface area contributed by atoms with Gasteiger partial charge in [-0.25, -0.2) is 4.98 Å². The first kappa shape index (κ1) is 18.5. The van der Waals surface area contributed by atoms with Crippen molar-refractivity contribution in [1.29, 1.82) is 0 Å². The molecule has 2 heterocycles. The zero-order valence-corrected chi connectivity index (χ0v) is 16.6. The summed E-state index contributed by atoms with van der Waals surface area (Å²) in [5.41, 5.74) is 2.54. The highest BCUT2D eigenvalue weighted by atomic mass is 32.1. The Bertz CT molecular complexity index is 992. The molecule has 3 aromatic rings. The molecule has 0 saturated carbocycles. The maximum Gasteiger partial charge on any atom is 0.264 e. The highest BCUT2D eigenvalue weighted by molar-refractivity contribution is 7.22. The summed E-state index contributed by atoms with van der Waals surface area (Å²) >= 11 is 1.47. The van der Waals surface area contributed by atoms with Crippen LogP contribution in [0, 0.1) is 5.92 Å². The van der Waals surface area contributed by atoms with E-state index in [-0.39, 0.29) is 5.91 Å². The number of aromatic nitrogens is 1. The molecule has 1 aliphatic heterocycles. The Labute approximate surface area is 168 Å². The van der Waals surface area contributed by atoms with Gasteiger partial charge in [-0.2, -0.15) is 10.1 Å². The van der Waals surface area contributed by atoms with Crippen LogP contribution in [0.1, 0.15) is 31.7 Å². The van der Waals surface area contributed by atoms with Gasteiger partial charge in [-0.3, -0.25) is 9.79 Å². The molecule has 5 nitrogen and oxygen atoms in total. The molecule has 4 rings (SSSR count). The van der Waals surface area contributed by atoms with Crippen molar-refractivity contribution in [2.45, 2.75) is 26.2 Å². The van der Waals surface area contributed by atoms with Crippen LogP contribution in [0.15, 0.2) is 64.7 Å². The lowest BCUT2D eigenvalue weighted by Gasteiger charge is -2.08. The second kappa shape index (κ2) is 8.44. The number of hydrogen-bond acceptors (Lipinski definition) is 5. The number of carbonyl (C=O) groups is 1. The summed E-state index contributed by atoms with van der Waals surface area (Å²) in [7, 11) is 0. The molecule has 0 spiro atoms. The van der Waals surface area contributed by atoms with Gasteiger partial charge in [0.25, 0.3) is 5.91 Å². The average Bonchev–Trinajstić information content (AvgIpc) is 3.30. The number of nitrogens with zero attached hydrogens (tertiary/aromatic N) is 4. The molecule has 1 atom stereocenters. The first-order valence-electron chi connectivity index (χ1n) is 9.61. The molecule has 28 heavy (non-hydrogen) atoms. The van der Waals surface area contributed by atoms with Crippen molar-refractivity contribution in [1.82, 2.24) is 4.98 Å². The first-order valence-corrected chi connectivity index (χ1v) is 10.4. The number of rotatable bonds is 7. The normalized spacial score (nSPS) is 17.0. The van der Waals surface area contributed by atoms with Crippen LogP contribution in [0.2, 0.25) is 0 Å². The number of fused-ring (bicyclic) bond motifs is 1. The van der Waals surface area contributed by atoms with Crippen LogP contribution in [0.3, 0.4) is 0 Å². The van der Waals surface area contributed by atoms with Gasteiger partial charge in [0.2, 0.25) is 5.13 Å². The van der Waals surface area contributed by atoms with Crippen molar-refractivity contribution >= 4 is 44.5 Å². The van der Waals surface area contributed by atoms with Crippen molar-refractivity contribution in [2.24, 2.45) is 16.0 Å². The summed E-state index contributed by atoms with van der Waals surface area (Å²) in [6.07, 6.45) is 5.10. The fourth-order valence-electron chi connectivity index (χ4n) is 3.17. The number of aliphatic imine (C=N–C) groups is 1. The SMILES string of the molecule is CCCCCN=CC1C(=O)N(c2nc3ccccc3s2)N=C1c1ccccc1. The van der Waals surface area contributed by atoms with Crippen LogP contribution in [0.25, 0.3) is 10.2 Å². The van der Waals surface area contributed by atoms with E-state index in [1.54, 1.807) is 6.21 Å². The maximum atomic E-state index is 13.2. The van der Waals surface area contributed by atoms with Crippen LogP contribution in [0.4, 0.5) is 5.13 Å². The van der Waals surface area contributed by atoms with Gasteiger partial charge < -0.3 is 0 Å². The van der Waals surface area contributed by atoms with E-state index in [4.69, 9.17) is 0 Å². The molecule has 0 N–H and O–H groups in total. The molecular formula is C22H22N4OS. The van der Waals surface area contributed by atoms with E-state index in [1.807, 2.05) is 54.6 Å². The molecule has 0 aliphatic carbocycles. The van der Waals surface area contributed by atoms with E-state index < -0.39 is 5.92 Å². The van der Waals surface area contributed by atoms with Crippen molar-refractivity contribution < 1.29 is 4.79 Å². The zero-order valence-electron chi connectivity index (χ0n) is 15.8. The van der Waals surface area contributed by atoms with Gasteiger partial charge in [0, 0.05) is 12.8 Å². The number of carbonyl (C=O) groups excluding carboxylic acids is 1. The van der Waals surface area contributed by atoms with Gasteiger partial charge in [0.1, 0.15) is 5.92 Å². The molecule has 2 aromatic carbocycles. The summed E-state index contributed by atoms with van der Waals surface area (Å²) in [6, 6.07) is 17.7. The Morgan fingerprint density at radius 1 is 1.11 bits per heavy atom. The van der Waals surface area contributed by atoms with E-state index >= 15 is 0 Å². The van der Waals surface area contributed by atoms with E-state index in [9.17, 15) is 4.79 Å². The van der Waals surface area contributed by atoms with Crippen LogP contribution in [-0.2, 0) is 4.79 Å². The van der Waals surface area contributed by atoms with Crippen LogP contribution in [0.5, 0.6) is 0 Å². The Morgan fingerprint density at radius 2 is 1.89 bits per heavy atom. The smallest absolute Gasteiger partial charge is 0.264 e. The second-order valence-electron chi connectivity index (χ2n) is 6.71. The summed E-state index contributed by atoms with van der Waals surface area (Å²) in [5, 5.41) is 6.70. The summed E-state index contributed by atoms with van der Waals surface area (Å²) in [5.74, 6) is -0.576. The lowest BCUT2D eigenvalue weighted by Crippen LogP contribution is -2.28. The maximum absolute atomic E-state index is 13.2. The molecule has 1 aromatic heterocycles. The third-order valence-corrected chi connectivity index (χ3v) is 5.67. The number of hydrogen-bond donors (Lipinski definition) is 0. The van der Waals surface area contributed by atoms with Gasteiger partial charge in [-0.05, 0) is 24.1 Å². The topological polar surface area (TPSA) is 57.9 Å². The van der Waals surface area contributed by atoms with E-state index in [1.165, 1.54) is 16.3 Å². The largest absolute Gasteiger partial charge is 0.296 e. The fraction of sp³-hybridized carbons (Fsp3) is 0.273. The number of thiazole rings is 1. The third-order valence-electron chi connectivity index (χ3n) is 4.66. The predicted octanol–water partition coefficient (Wildman–Crippen LogP) is 4.92. The average molecular weight is 391 g/mol. The molecule has 1 amide bonds.